The third kappa shape index (κ3) is 7.51. The molecule has 14 heteroatoms. The van der Waals surface area contributed by atoms with Crippen LogP contribution in [-0.4, -0.2) is 85.1 Å². The number of amides is 1. The minimum absolute atomic E-state index is 0.0365. The maximum Gasteiger partial charge on any atom is 0.268 e. The van der Waals surface area contributed by atoms with Crippen molar-refractivity contribution >= 4 is 44.8 Å². The van der Waals surface area contributed by atoms with E-state index in [9.17, 15) is 22.0 Å². The van der Waals surface area contributed by atoms with Gasteiger partial charge in [-0.15, -0.1) is 0 Å². The number of carbonyl (C=O) groups is 1. The quantitative estimate of drug-likeness (QED) is 0.239. The number of hydrogen-bond donors (Lipinski definition) is 3. The molecule has 3 N–H and O–H groups in total. The first-order valence-electron chi connectivity index (χ1n) is 17.0. The number of fused-ring (bicyclic) bond motifs is 1. The minimum Gasteiger partial charge on any atom is -0.371 e. The van der Waals surface area contributed by atoms with Gasteiger partial charge in [0.25, 0.3) is 6.43 Å². The molecule has 1 amide bonds. The van der Waals surface area contributed by atoms with Gasteiger partial charge in [-0.1, -0.05) is 25.5 Å². The molecule has 0 saturated carbocycles. The van der Waals surface area contributed by atoms with Crippen LogP contribution in [0.4, 0.5) is 37.6 Å². The first-order valence-corrected chi connectivity index (χ1v) is 18.9. The molecule has 0 spiro atoms. The van der Waals surface area contributed by atoms with Gasteiger partial charge >= 0.3 is 0 Å². The Balaban J connectivity index is 1.13. The van der Waals surface area contributed by atoms with E-state index in [2.05, 4.69) is 54.8 Å². The van der Waals surface area contributed by atoms with E-state index >= 15 is 0 Å². The molecule has 4 heterocycles. The predicted molar refractivity (Wildman–Crippen MR) is 189 cm³/mol. The molecule has 11 nitrogen and oxygen atoms in total. The van der Waals surface area contributed by atoms with Crippen molar-refractivity contribution < 1.29 is 22.0 Å². The van der Waals surface area contributed by atoms with Crippen molar-refractivity contribution in [3.8, 4) is 0 Å². The number of halogens is 2. The number of carbonyl (C=O) groups excluding carboxylic acids is 1. The number of sulfonamides is 1. The number of piperidine rings is 1. The predicted octanol–water partition coefficient (Wildman–Crippen LogP) is 5.50. The zero-order chi connectivity index (χ0) is 34.9. The molecule has 0 bridgehead atoms. The third-order valence-electron chi connectivity index (χ3n) is 10.0. The maximum absolute atomic E-state index is 14.1. The van der Waals surface area contributed by atoms with Crippen LogP contribution in [0.25, 0.3) is 0 Å². The molecule has 0 radical (unpaired) electrons. The summed E-state index contributed by atoms with van der Waals surface area (Å²) in [6.07, 6.45) is 3.43. The zero-order valence-corrected chi connectivity index (χ0v) is 29.4. The number of rotatable bonds is 11. The summed E-state index contributed by atoms with van der Waals surface area (Å²) in [6.45, 7) is 10.5. The minimum atomic E-state index is -3.14. The Hall–Kier alpha value is -3.88. The molecule has 0 aliphatic carbocycles. The number of alkyl halides is 2. The van der Waals surface area contributed by atoms with E-state index in [4.69, 9.17) is 0 Å². The van der Waals surface area contributed by atoms with Crippen LogP contribution in [-0.2, 0) is 33.2 Å². The lowest BCUT2D eigenvalue weighted by Gasteiger charge is -2.42. The van der Waals surface area contributed by atoms with Crippen molar-refractivity contribution in [3.63, 3.8) is 0 Å². The van der Waals surface area contributed by atoms with Gasteiger partial charge in [0.2, 0.25) is 21.9 Å². The lowest BCUT2D eigenvalue weighted by atomic mass is 9.83. The number of piperazine rings is 1. The molecule has 6 rings (SSSR count). The number of aromatic nitrogens is 2. The lowest BCUT2D eigenvalue weighted by molar-refractivity contribution is -0.119. The summed E-state index contributed by atoms with van der Waals surface area (Å²) in [6, 6.07) is 12.3. The summed E-state index contributed by atoms with van der Waals surface area (Å²) in [7, 11) is -3.14. The van der Waals surface area contributed by atoms with Crippen molar-refractivity contribution in [3.05, 3.63) is 64.8 Å². The van der Waals surface area contributed by atoms with E-state index in [0.29, 0.717) is 19.1 Å². The van der Waals surface area contributed by atoms with Gasteiger partial charge in [0.1, 0.15) is 5.82 Å². The summed E-state index contributed by atoms with van der Waals surface area (Å²) in [5, 5.41) is 9.29. The van der Waals surface area contributed by atoms with Crippen LogP contribution in [0.1, 0.15) is 68.7 Å². The van der Waals surface area contributed by atoms with Gasteiger partial charge in [0.15, 0.2) is 0 Å². The molecule has 1 aromatic heterocycles. The average Bonchev–Trinajstić information content (AvgIpc) is 3.32. The molecular weight excluding hydrogens is 651 g/mol. The summed E-state index contributed by atoms with van der Waals surface area (Å²) < 4.78 is 53.5. The van der Waals surface area contributed by atoms with Crippen LogP contribution in [0.3, 0.4) is 0 Å². The fourth-order valence-corrected chi connectivity index (χ4v) is 8.12. The Morgan fingerprint density at radius 3 is 2.45 bits per heavy atom. The Bertz CT molecular complexity index is 1790. The van der Waals surface area contributed by atoms with Crippen molar-refractivity contribution in [2.24, 2.45) is 0 Å². The van der Waals surface area contributed by atoms with Gasteiger partial charge in [-0.25, -0.2) is 22.2 Å². The van der Waals surface area contributed by atoms with E-state index in [1.165, 1.54) is 6.26 Å². The number of nitrogens with zero attached hydrogens (tertiary/aromatic N) is 5. The van der Waals surface area contributed by atoms with Gasteiger partial charge in [-0.2, -0.15) is 9.29 Å². The molecular formula is C35H46F2N8O3S. The smallest absolute Gasteiger partial charge is 0.268 e. The highest BCUT2D eigenvalue weighted by Crippen LogP contribution is 2.40. The van der Waals surface area contributed by atoms with Gasteiger partial charge in [-0.3, -0.25) is 9.69 Å². The molecule has 2 saturated heterocycles. The normalized spacial score (nSPS) is 18.8. The average molecular weight is 697 g/mol. The first-order chi connectivity index (χ1) is 23.3. The van der Waals surface area contributed by atoms with E-state index in [0.717, 1.165) is 91.8 Å². The van der Waals surface area contributed by atoms with Gasteiger partial charge in [0, 0.05) is 75.1 Å². The molecule has 3 aliphatic heterocycles. The third-order valence-corrected chi connectivity index (χ3v) is 11.3. The number of hydrogen-bond acceptors (Lipinski definition) is 9. The van der Waals surface area contributed by atoms with E-state index in [-0.39, 0.29) is 29.8 Å². The number of nitrogens with one attached hydrogen (secondary N) is 3. The van der Waals surface area contributed by atoms with Crippen LogP contribution in [0.15, 0.2) is 42.6 Å². The highest BCUT2D eigenvalue weighted by atomic mass is 32.2. The van der Waals surface area contributed by atoms with Gasteiger partial charge in [0.05, 0.1) is 17.2 Å². The van der Waals surface area contributed by atoms with Crippen molar-refractivity contribution in [1.82, 2.24) is 19.2 Å². The summed E-state index contributed by atoms with van der Waals surface area (Å²) in [5.41, 5.74) is 4.42. The Kier molecular flexibility index (Phi) is 10.1. The molecule has 49 heavy (non-hydrogen) atoms. The highest BCUT2D eigenvalue weighted by Gasteiger charge is 2.40. The van der Waals surface area contributed by atoms with Crippen LogP contribution in [0.2, 0.25) is 0 Å². The van der Waals surface area contributed by atoms with Gasteiger partial charge in [-0.05, 0) is 74.1 Å². The Morgan fingerprint density at radius 2 is 1.78 bits per heavy atom. The molecule has 2 fully saturated rings. The largest absolute Gasteiger partial charge is 0.371 e. The fourth-order valence-electron chi connectivity index (χ4n) is 7.30. The molecule has 264 valence electrons. The Labute approximate surface area is 287 Å². The second kappa shape index (κ2) is 14.2. The zero-order valence-electron chi connectivity index (χ0n) is 28.6. The molecule has 3 aliphatic rings. The van der Waals surface area contributed by atoms with Gasteiger partial charge < -0.3 is 20.9 Å². The summed E-state index contributed by atoms with van der Waals surface area (Å²) in [5.74, 6) is 0.149. The van der Waals surface area contributed by atoms with E-state index < -0.39 is 21.9 Å². The summed E-state index contributed by atoms with van der Waals surface area (Å²) >= 11 is 0. The second-order valence-corrected chi connectivity index (χ2v) is 15.7. The topological polar surface area (TPSA) is 123 Å². The maximum atomic E-state index is 14.1. The first kappa shape index (κ1) is 35.0. The standard InChI is InChI=1S/C35H46F2N8O3S/c1-5-7-23-20-26(43-14-12-25(13-15-43)44-16-18-45(19-17-44)49(4,47)48)10-11-28(23)41-34-39-22-27(31(36)37)32(42-34)38-21-24-8-6-9-29-30(24)35(2,3)33(46)40-29/h6,8-11,20,22,25,31H,5,7,12-19,21H2,1-4H3,(H,40,46)(H2,38,39,41,42). The van der Waals surface area contributed by atoms with E-state index in [1.54, 1.807) is 4.31 Å². The molecule has 0 atom stereocenters. The lowest BCUT2D eigenvalue weighted by Crippen LogP contribution is -2.54. The van der Waals surface area contributed by atoms with Crippen LogP contribution >= 0.6 is 0 Å². The van der Waals surface area contributed by atoms with Crippen LogP contribution < -0.4 is 20.9 Å². The molecule has 3 aromatic rings. The summed E-state index contributed by atoms with van der Waals surface area (Å²) in [4.78, 5) is 26.1. The van der Waals surface area contributed by atoms with Crippen LogP contribution in [0.5, 0.6) is 0 Å². The molecule has 0 unspecified atom stereocenters. The fraction of sp³-hybridized carbons (Fsp3) is 0.514. The second-order valence-electron chi connectivity index (χ2n) is 13.7. The van der Waals surface area contributed by atoms with Crippen molar-refractivity contribution in [2.75, 3.05) is 66.4 Å². The van der Waals surface area contributed by atoms with Crippen LogP contribution in [0, 0.1) is 0 Å². The highest BCUT2D eigenvalue weighted by molar-refractivity contribution is 7.88. The van der Waals surface area contributed by atoms with Crippen molar-refractivity contribution in [1.29, 1.82) is 0 Å². The SMILES string of the molecule is CCCc1cc(N2CCC(N3CCN(S(C)(=O)=O)CC3)CC2)ccc1Nc1ncc(C(F)F)c(NCc2cccc3c2C(C)(C)C(=O)N3)n1. The number of anilines is 5. The monoisotopic (exact) mass is 696 g/mol. The number of aryl methyl sites for hydroxylation is 1. The number of benzene rings is 2. The van der Waals surface area contributed by atoms with E-state index in [1.807, 2.05) is 38.1 Å². The van der Waals surface area contributed by atoms with Crippen molar-refractivity contribution in [2.45, 2.75) is 70.9 Å². The molecule has 2 aromatic carbocycles. The Morgan fingerprint density at radius 1 is 1.04 bits per heavy atom.